The Kier molecular flexibility index (Phi) is 13.7. The van der Waals surface area contributed by atoms with Crippen molar-refractivity contribution in [3.63, 3.8) is 0 Å². The van der Waals surface area contributed by atoms with Crippen LogP contribution in [0.2, 0.25) is 19.5 Å². The first-order chi connectivity index (χ1) is 2.64. The van der Waals surface area contributed by atoms with Gasteiger partial charge in [-0.3, -0.25) is 0 Å². The molecule has 8 heavy (non-hydrogen) atoms. The van der Waals surface area contributed by atoms with Crippen LogP contribution in [0.4, 0.5) is 0 Å². The highest BCUT2D eigenvalue weighted by Gasteiger charge is 2.00. The second-order valence-electron chi connectivity index (χ2n) is 2.49. The summed E-state index contributed by atoms with van der Waals surface area (Å²) in [5.41, 5.74) is 0. The molecule has 2 nitrogen and oxygen atoms in total. The molecule has 0 radical (unpaired) electrons. The van der Waals surface area contributed by atoms with E-state index < -0.39 is 0 Å². The quantitative estimate of drug-likeness (QED) is 0.452. The van der Waals surface area contributed by atoms with Crippen LogP contribution in [-0.2, 0) is 0 Å². The predicted molar refractivity (Wildman–Crippen MR) is 39.8 cm³/mol. The van der Waals surface area contributed by atoms with Crippen LogP contribution in [0.25, 0.3) is 0 Å². The third-order valence-corrected chi connectivity index (χ3v) is 1.33. The summed E-state index contributed by atoms with van der Waals surface area (Å²) in [5.74, 6) is 0.852. The Morgan fingerprint density at radius 2 is 1.12 bits per heavy atom. The van der Waals surface area contributed by atoms with Crippen LogP contribution in [0.15, 0.2) is 0 Å². The molecule has 3 heteroatoms. The van der Waals surface area contributed by atoms with Crippen molar-refractivity contribution in [2.75, 3.05) is 0 Å². The normalized spacial score (nSPS) is 7.12. The van der Waals surface area contributed by atoms with Crippen LogP contribution in [0, 0.1) is 0 Å². The van der Waals surface area contributed by atoms with Gasteiger partial charge in [-0.25, -0.2) is 0 Å². The topological polar surface area (TPSA) is 63.0 Å². The van der Waals surface area contributed by atoms with Gasteiger partial charge in [-0.15, -0.1) is 0 Å². The molecule has 0 spiro atoms. The maximum absolute atomic E-state index is 2.24. The fraction of sp³-hybridized carbons (Fsp3) is 1.00. The molecule has 4 N–H and O–H groups in total. The molecule has 0 aliphatic heterocycles. The van der Waals surface area contributed by atoms with Gasteiger partial charge in [-0.05, 0) is 0 Å². The van der Waals surface area contributed by atoms with E-state index in [0.29, 0.717) is 0 Å². The molecule has 0 amide bonds. The average molecular weight is 120 g/mol. The van der Waals surface area contributed by atoms with Crippen molar-refractivity contribution in [1.82, 2.24) is 0 Å². The summed E-state index contributed by atoms with van der Waals surface area (Å²) in [6, 6.07) is 0. The van der Waals surface area contributed by atoms with Gasteiger partial charge in [0.15, 0.2) is 0 Å². The highest BCUT2D eigenvalue weighted by atomic mass is 16.0. The third-order valence-electron chi connectivity index (χ3n) is 1.33. The van der Waals surface area contributed by atoms with Crippen molar-refractivity contribution >= 4 is 6.71 Å². The molecule has 0 saturated heterocycles. The first-order valence-electron chi connectivity index (χ1n) is 2.64. The standard InChI is InChI=1S/C5H13B.2H2O/c1-5(2)6(3)4;;/h5H,1-4H3;2*1H2. The second-order valence-corrected chi connectivity index (χ2v) is 2.49. The number of rotatable bonds is 1. The molecule has 0 aromatic heterocycles. The summed E-state index contributed by atoms with van der Waals surface area (Å²) in [5, 5.41) is 0. The Hall–Kier alpha value is -0.0151. The van der Waals surface area contributed by atoms with E-state index in [-0.39, 0.29) is 11.0 Å². The molecule has 0 atom stereocenters. The van der Waals surface area contributed by atoms with Gasteiger partial charge in [0.25, 0.3) is 0 Å². The number of hydrogen-bond acceptors (Lipinski definition) is 0. The van der Waals surface area contributed by atoms with E-state index in [1.54, 1.807) is 0 Å². The Labute approximate surface area is 52.0 Å². The van der Waals surface area contributed by atoms with Gasteiger partial charge in [0.05, 0.1) is 0 Å². The van der Waals surface area contributed by atoms with Crippen molar-refractivity contribution in [3.05, 3.63) is 0 Å². The molecular weight excluding hydrogens is 103 g/mol. The largest absolute Gasteiger partial charge is 0.412 e. The van der Waals surface area contributed by atoms with Crippen LogP contribution in [-0.4, -0.2) is 17.7 Å². The maximum atomic E-state index is 2.24. The lowest BCUT2D eigenvalue weighted by Crippen LogP contribution is -2.03. The minimum absolute atomic E-state index is 0. The van der Waals surface area contributed by atoms with Gasteiger partial charge in [0, 0.05) is 0 Å². The Morgan fingerprint density at radius 3 is 1.12 bits per heavy atom. The van der Waals surface area contributed by atoms with E-state index in [9.17, 15) is 0 Å². The highest BCUT2D eigenvalue weighted by molar-refractivity contribution is 6.57. The van der Waals surface area contributed by atoms with Crippen molar-refractivity contribution in [1.29, 1.82) is 0 Å². The van der Waals surface area contributed by atoms with Gasteiger partial charge in [0.2, 0.25) is 0 Å². The molecule has 52 valence electrons. The molecular formula is C5H17BO2. The van der Waals surface area contributed by atoms with Crippen LogP contribution < -0.4 is 0 Å². The lowest BCUT2D eigenvalue weighted by molar-refractivity contribution is 0.823. The molecule has 0 aliphatic carbocycles. The zero-order chi connectivity index (χ0) is 5.15. The lowest BCUT2D eigenvalue weighted by atomic mass is 9.46. The maximum Gasteiger partial charge on any atom is 0.136 e. The lowest BCUT2D eigenvalue weighted by Gasteiger charge is -2.01. The van der Waals surface area contributed by atoms with Crippen LogP contribution in [0.1, 0.15) is 13.8 Å². The van der Waals surface area contributed by atoms with E-state index in [2.05, 4.69) is 27.5 Å². The summed E-state index contributed by atoms with van der Waals surface area (Å²) in [6.45, 7) is 9.81. The van der Waals surface area contributed by atoms with Gasteiger partial charge < -0.3 is 11.0 Å². The SMILES string of the molecule is CB(C)C(C)C.O.O. The second kappa shape index (κ2) is 6.98. The molecule has 0 aromatic rings. The molecule has 0 aliphatic rings. The first-order valence-corrected chi connectivity index (χ1v) is 2.64. The summed E-state index contributed by atoms with van der Waals surface area (Å²) in [4.78, 5) is 0. The fourth-order valence-corrected chi connectivity index (χ4v) is 0. The Balaban J connectivity index is -0.000000125. The monoisotopic (exact) mass is 120 g/mol. The fourth-order valence-electron chi connectivity index (χ4n) is 0. The van der Waals surface area contributed by atoms with Gasteiger partial charge in [0.1, 0.15) is 6.71 Å². The van der Waals surface area contributed by atoms with E-state index in [4.69, 9.17) is 0 Å². The molecule has 0 bridgehead atoms. The highest BCUT2D eigenvalue weighted by Crippen LogP contribution is 2.04. The van der Waals surface area contributed by atoms with E-state index >= 15 is 0 Å². The van der Waals surface area contributed by atoms with Crippen molar-refractivity contribution in [3.8, 4) is 0 Å². The van der Waals surface area contributed by atoms with Crippen molar-refractivity contribution in [2.45, 2.75) is 33.3 Å². The van der Waals surface area contributed by atoms with E-state index in [1.807, 2.05) is 0 Å². The summed E-state index contributed by atoms with van der Waals surface area (Å²) in [7, 11) is 0. The zero-order valence-electron chi connectivity index (χ0n) is 6.15. The summed E-state index contributed by atoms with van der Waals surface area (Å²) < 4.78 is 0. The van der Waals surface area contributed by atoms with Gasteiger partial charge >= 0.3 is 0 Å². The van der Waals surface area contributed by atoms with Crippen LogP contribution in [0.3, 0.4) is 0 Å². The minimum Gasteiger partial charge on any atom is -0.412 e. The molecule has 0 unspecified atom stereocenters. The van der Waals surface area contributed by atoms with Crippen molar-refractivity contribution < 1.29 is 11.0 Å². The van der Waals surface area contributed by atoms with E-state index in [0.717, 1.165) is 12.5 Å². The van der Waals surface area contributed by atoms with Crippen LogP contribution >= 0.6 is 0 Å². The van der Waals surface area contributed by atoms with Crippen molar-refractivity contribution in [2.24, 2.45) is 0 Å². The predicted octanol–water partition coefficient (Wildman–Crippen LogP) is 0.501. The molecule has 0 rings (SSSR count). The van der Waals surface area contributed by atoms with E-state index in [1.165, 1.54) is 0 Å². The average Bonchev–Trinajstić information content (AvgIpc) is 1.36. The summed E-state index contributed by atoms with van der Waals surface area (Å²) >= 11 is 0. The molecule has 0 saturated carbocycles. The number of hydrogen-bond donors (Lipinski definition) is 0. The zero-order valence-corrected chi connectivity index (χ0v) is 6.15. The minimum atomic E-state index is 0. The summed E-state index contributed by atoms with van der Waals surface area (Å²) in [6.07, 6.45) is 0. The Morgan fingerprint density at radius 1 is 1.00 bits per heavy atom. The molecule has 0 heterocycles. The van der Waals surface area contributed by atoms with Gasteiger partial charge in [-0.1, -0.05) is 33.3 Å². The first kappa shape index (κ1) is 15.7. The van der Waals surface area contributed by atoms with Crippen LogP contribution in [0.5, 0.6) is 0 Å². The smallest absolute Gasteiger partial charge is 0.136 e. The molecule has 0 fully saturated rings. The Bertz CT molecular complexity index is 31.4. The molecule has 0 aromatic carbocycles. The third kappa shape index (κ3) is 9.37. The van der Waals surface area contributed by atoms with Gasteiger partial charge in [-0.2, -0.15) is 0 Å².